The molecule has 2 aromatic carbocycles. The van der Waals surface area contributed by atoms with Gasteiger partial charge in [0.15, 0.2) is 0 Å². The van der Waals surface area contributed by atoms with Crippen molar-refractivity contribution in [1.29, 1.82) is 0 Å². The van der Waals surface area contributed by atoms with Crippen molar-refractivity contribution in [3.63, 3.8) is 0 Å². The number of para-hydroxylation sites is 1. The molecule has 4 heteroatoms. The number of nitrogens with one attached hydrogen (secondary N) is 1. The molecule has 0 radical (unpaired) electrons. The number of hydrogen-bond donors (Lipinski definition) is 1. The van der Waals surface area contributed by atoms with Gasteiger partial charge < -0.3 is 5.32 Å². The van der Waals surface area contributed by atoms with Crippen LogP contribution >= 0.6 is 23.4 Å². The van der Waals surface area contributed by atoms with E-state index in [0.29, 0.717) is 10.9 Å². The predicted molar refractivity (Wildman–Crippen MR) is 95.9 cm³/mol. The Morgan fingerprint density at radius 1 is 1.09 bits per heavy atom. The lowest BCUT2D eigenvalue weighted by atomic mass is 10.0. The summed E-state index contributed by atoms with van der Waals surface area (Å²) in [5.74, 6) is 0.366. The molecule has 1 unspecified atom stereocenters. The van der Waals surface area contributed by atoms with Crippen LogP contribution in [0.4, 0.5) is 5.69 Å². The van der Waals surface area contributed by atoms with Crippen LogP contribution in [-0.4, -0.2) is 11.2 Å². The first-order valence-corrected chi connectivity index (χ1v) is 8.55. The van der Waals surface area contributed by atoms with E-state index < -0.39 is 0 Å². The van der Waals surface area contributed by atoms with Crippen molar-refractivity contribution in [2.75, 3.05) is 5.32 Å². The molecule has 116 valence electrons. The van der Waals surface area contributed by atoms with Crippen LogP contribution in [-0.2, 0) is 4.79 Å². The summed E-state index contributed by atoms with van der Waals surface area (Å²) in [5.41, 5.74) is 2.04. The Balaban J connectivity index is 2.06. The van der Waals surface area contributed by atoms with Crippen molar-refractivity contribution in [3.05, 3.63) is 59.1 Å². The van der Waals surface area contributed by atoms with Crippen molar-refractivity contribution in [3.8, 4) is 0 Å². The smallest absolute Gasteiger partial charge is 0.237 e. The summed E-state index contributed by atoms with van der Waals surface area (Å²) in [7, 11) is 0. The molecule has 0 saturated heterocycles. The largest absolute Gasteiger partial charge is 0.325 e. The number of amides is 1. The summed E-state index contributed by atoms with van der Waals surface area (Å²) in [6.45, 7) is 6.14. The molecule has 22 heavy (non-hydrogen) atoms. The highest BCUT2D eigenvalue weighted by molar-refractivity contribution is 8.00. The summed E-state index contributed by atoms with van der Waals surface area (Å²) in [6, 6.07) is 15.5. The van der Waals surface area contributed by atoms with Crippen molar-refractivity contribution in [2.24, 2.45) is 0 Å². The highest BCUT2D eigenvalue weighted by Crippen LogP contribution is 2.28. The molecule has 0 fully saturated rings. The Hall–Kier alpha value is -1.45. The average molecular weight is 334 g/mol. The molecule has 0 aliphatic carbocycles. The molecular weight excluding hydrogens is 314 g/mol. The Morgan fingerprint density at radius 3 is 2.50 bits per heavy atom. The summed E-state index contributed by atoms with van der Waals surface area (Å²) in [4.78, 5) is 13.4. The molecule has 1 atom stereocenters. The molecule has 1 amide bonds. The van der Waals surface area contributed by atoms with Gasteiger partial charge in [0, 0.05) is 15.6 Å². The zero-order valence-electron chi connectivity index (χ0n) is 13.0. The SMILES string of the molecule is CC(Sc1cccc(Cl)c1)C(=O)Nc1ccccc1C(C)C. The fourth-order valence-corrected chi connectivity index (χ4v) is 3.33. The lowest BCUT2D eigenvalue weighted by Gasteiger charge is -2.16. The first-order valence-electron chi connectivity index (χ1n) is 7.29. The van der Waals surface area contributed by atoms with E-state index in [-0.39, 0.29) is 11.2 Å². The van der Waals surface area contributed by atoms with E-state index in [2.05, 4.69) is 25.2 Å². The van der Waals surface area contributed by atoms with Crippen LogP contribution in [0.15, 0.2) is 53.4 Å². The van der Waals surface area contributed by atoms with Crippen molar-refractivity contribution < 1.29 is 4.79 Å². The van der Waals surface area contributed by atoms with Gasteiger partial charge in [-0.05, 0) is 42.7 Å². The van der Waals surface area contributed by atoms with Crippen LogP contribution in [0.5, 0.6) is 0 Å². The van der Waals surface area contributed by atoms with Gasteiger partial charge in [-0.25, -0.2) is 0 Å². The quantitative estimate of drug-likeness (QED) is 0.723. The van der Waals surface area contributed by atoms with Crippen LogP contribution < -0.4 is 5.32 Å². The summed E-state index contributed by atoms with van der Waals surface area (Å²) in [5, 5.41) is 3.52. The summed E-state index contributed by atoms with van der Waals surface area (Å²) >= 11 is 7.48. The molecule has 2 nitrogen and oxygen atoms in total. The molecule has 1 N–H and O–H groups in total. The van der Waals surface area contributed by atoms with Crippen molar-refractivity contribution >= 4 is 35.0 Å². The van der Waals surface area contributed by atoms with E-state index in [1.807, 2.05) is 49.4 Å². The fourth-order valence-electron chi connectivity index (χ4n) is 2.15. The Bertz CT molecular complexity index is 657. The maximum atomic E-state index is 12.4. The Kier molecular flexibility index (Phi) is 5.92. The van der Waals surface area contributed by atoms with E-state index in [1.165, 1.54) is 11.8 Å². The molecule has 2 aromatic rings. The molecule has 2 rings (SSSR count). The van der Waals surface area contributed by atoms with Crippen LogP contribution in [0.3, 0.4) is 0 Å². The molecule has 0 saturated carbocycles. The fraction of sp³-hybridized carbons (Fsp3) is 0.278. The Labute approximate surface area is 141 Å². The number of thioether (sulfide) groups is 1. The lowest BCUT2D eigenvalue weighted by molar-refractivity contribution is -0.115. The highest BCUT2D eigenvalue weighted by atomic mass is 35.5. The Morgan fingerprint density at radius 2 is 1.82 bits per heavy atom. The molecule has 0 spiro atoms. The third kappa shape index (κ3) is 4.52. The zero-order chi connectivity index (χ0) is 16.1. The van der Waals surface area contributed by atoms with Gasteiger partial charge in [0.05, 0.1) is 5.25 Å². The van der Waals surface area contributed by atoms with Gasteiger partial charge in [0.1, 0.15) is 0 Å². The van der Waals surface area contributed by atoms with Crippen LogP contribution in [0.1, 0.15) is 32.3 Å². The average Bonchev–Trinajstić information content (AvgIpc) is 2.47. The van der Waals surface area contributed by atoms with Gasteiger partial charge in [0.2, 0.25) is 5.91 Å². The third-order valence-corrected chi connectivity index (χ3v) is 4.65. The van der Waals surface area contributed by atoms with E-state index in [9.17, 15) is 4.79 Å². The molecule has 0 aromatic heterocycles. The number of rotatable bonds is 5. The summed E-state index contributed by atoms with van der Waals surface area (Å²) in [6.07, 6.45) is 0. The van der Waals surface area contributed by atoms with Crippen LogP contribution in [0.2, 0.25) is 5.02 Å². The van der Waals surface area contributed by atoms with Gasteiger partial charge in [-0.15, -0.1) is 11.8 Å². The lowest BCUT2D eigenvalue weighted by Crippen LogP contribution is -2.23. The highest BCUT2D eigenvalue weighted by Gasteiger charge is 2.16. The number of anilines is 1. The number of carbonyl (C=O) groups is 1. The molecule has 0 heterocycles. The predicted octanol–water partition coefficient (Wildman–Crippen LogP) is 5.58. The molecule has 0 aliphatic rings. The van der Waals surface area contributed by atoms with Gasteiger partial charge in [-0.3, -0.25) is 4.79 Å². The molecule has 0 aliphatic heterocycles. The van der Waals surface area contributed by atoms with Crippen molar-refractivity contribution in [1.82, 2.24) is 0 Å². The van der Waals surface area contributed by atoms with E-state index in [4.69, 9.17) is 11.6 Å². The maximum absolute atomic E-state index is 12.4. The topological polar surface area (TPSA) is 29.1 Å². The first-order chi connectivity index (χ1) is 10.5. The number of halogens is 1. The van der Waals surface area contributed by atoms with Gasteiger partial charge in [-0.1, -0.05) is 49.7 Å². The van der Waals surface area contributed by atoms with Gasteiger partial charge in [0.25, 0.3) is 0 Å². The summed E-state index contributed by atoms with van der Waals surface area (Å²) < 4.78 is 0. The minimum absolute atomic E-state index is 0.00178. The second-order valence-electron chi connectivity index (χ2n) is 5.45. The minimum Gasteiger partial charge on any atom is -0.325 e. The van der Waals surface area contributed by atoms with Crippen LogP contribution in [0.25, 0.3) is 0 Å². The van der Waals surface area contributed by atoms with Gasteiger partial charge >= 0.3 is 0 Å². The second kappa shape index (κ2) is 7.70. The first kappa shape index (κ1) is 16.9. The third-order valence-electron chi connectivity index (χ3n) is 3.32. The number of hydrogen-bond acceptors (Lipinski definition) is 2. The number of benzene rings is 2. The normalized spacial score (nSPS) is 12.2. The van der Waals surface area contributed by atoms with Crippen LogP contribution in [0, 0.1) is 0 Å². The second-order valence-corrected chi connectivity index (χ2v) is 7.30. The standard InChI is InChI=1S/C18H20ClNOS/c1-12(2)16-9-4-5-10-17(16)20-18(21)13(3)22-15-8-6-7-14(19)11-15/h4-13H,1-3H3,(H,20,21). The maximum Gasteiger partial charge on any atom is 0.237 e. The van der Waals surface area contributed by atoms with Crippen molar-refractivity contribution in [2.45, 2.75) is 36.8 Å². The number of carbonyl (C=O) groups excluding carboxylic acids is 1. The molecular formula is C18H20ClNOS. The zero-order valence-corrected chi connectivity index (χ0v) is 14.5. The molecule has 0 bridgehead atoms. The minimum atomic E-state index is -0.196. The van der Waals surface area contributed by atoms with Gasteiger partial charge in [-0.2, -0.15) is 0 Å². The van der Waals surface area contributed by atoms with E-state index in [0.717, 1.165) is 16.1 Å². The van der Waals surface area contributed by atoms with E-state index in [1.54, 1.807) is 0 Å². The van der Waals surface area contributed by atoms with E-state index >= 15 is 0 Å². The monoisotopic (exact) mass is 333 g/mol.